The summed E-state index contributed by atoms with van der Waals surface area (Å²) < 4.78 is 22.1. The number of hydrogen-bond donors (Lipinski definition) is 0. The van der Waals surface area contributed by atoms with Crippen LogP contribution in [0.15, 0.2) is 24.3 Å². The Hall–Kier alpha value is -2.35. The lowest BCUT2D eigenvalue weighted by molar-refractivity contribution is -0.155. The highest BCUT2D eigenvalue weighted by Crippen LogP contribution is 2.61. The fourth-order valence-corrected chi connectivity index (χ4v) is 9.26. The summed E-state index contributed by atoms with van der Waals surface area (Å²) in [5.41, 5.74) is 0.102. The van der Waals surface area contributed by atoms with Crippen LogP contribution < -0.4 is 0 Å². The Kier molecular flexibility index (Phi) is 18.8. The molecule has 4 saturated carbocycles. The highest BCUT2D eigenvalue weighted by atomic mass is 16.7. The number of ether oxygens (including phenoxy) is 4. The van der Waals surface area contributed by atoms with Gasteiger partial charge in [-0.05, 0) is 133 Å². The number of allylic oxidation sites excluding steroid dienone is 4. The van der Waals surface area contributed by atoms with Crippen molar-refractivity contribution in [1.82, 2.24) is 4.90 Å². The van der Waals surface area contributed by atoms with Crippen molar-refractivity contribution in [2.45, 2.75) is 148 Å². The third-order valence-corrected chi connectivity index (χ3v) is 11.5. The Morgan fingerprint density at radius 2 is 1.26 bits per heavy atom. The van der Waals surface area contributed by atoms with Crippen molar-refractivity contribution >= 4 is 18.1 Å². The molecule has 8 heteroatoms. The highest BCUT2D eigenvalue weighted by Gasteiger charge is 2.51. The number of carbonyl (C=O) groups is 3. The normalized spacial score (nSPS) is 25.0. The quantitative estimate of drug-likeness (QED) is 0.0382. The molecule has 0 aromatic heterocycles. The van der Waals surface area contributed by atoms with E-state index in [9.17, 15) is 14.4 Å². The summed E-state index contributed by atoms with van der Waals surface area (Å²) in [6.45, 7) is 5.77. The molecular formula is C42H69NO7. The molecule has 284 valence electrons. The van der Waals surface area contributed by atoms with Crippen molar-refractivity contribution in [1.29, 1.82) is 0 Å². The molecule has 1 unspecified atom stereocenters. The summed E-state index contributed by atoms with van der Waals surface area (Å²) in [6.07, 6.45) is 32.3. The zero-order chi connectivity index (χ0) is 35.3. The van der Waals surface area contributed by atoms with Gasteiger partial charge in [0.15, 0.2) is 0 Å². The van der Waals surface area contributed by atoms with Gasteiger partial charge in [-0.3, -0.25) is 9.59 Å². The van der Waals surface area contributed by atoms with Crippen molar-refractivity contribution < 1.29 is 33.3 Å². The Labute approximate surface area is 303 Å². The number of rotatable bonds is 26. The van der Waals surface area contributed by atoms with E-state index >= 15 is 0 Å². The van der Waals surface area contributed by atoms with Crippen molar-refractivity contribution in [2.75, 3.05) is 46.1 Å². The summed E-state index contributed by atoms with van der Waals surface area (Å²) >= 11 is 0. The second-order valence-corrected chi connectivity index (χ2v) is 16.1. The molecule has 1 heterocycles. The van der Waals surface area contributed by atoms with Crippen molar-refractivity contribution in [3.63, 3.8) is 0 Å². The van der Waals surface area contributed by atoms with E-state index in [1.54, 1.807) is 0 Å². The third-order valence-electron chi connectivity index (χ3n) is 11.5. The van der Waals surface area contributed by atoms with E-state index in [0.29, 0.717) is 19.4 Å². The van der Waals surface area contributed by atoms with E-state index in [2.05, 4.69) is 36.1 Å². The Balaban J connectivity index is 1.09. The van der Waals surface area contributed by atoms with Gasteiger partial charge in [0.1, 0.15) is 19.8 Å². The Bertz CT molecular complexity index is 1010. The average molecular weight is 700 g/mol. The molecule has 0 N–H and O–H groups in total. The van der Waals surface area contributed by atoms with Gasteiger partial charge in [0, 0.05) is 13.0 Å². The Morgan fingerprint density at radius 1 is 0.680 bits per heavy atom. The van der Waals surface area contributed by atoms with Gasteiger partial charge in [0.25, 0.3) is 0 Å². The smallest absolute Gasteiger partial charge is 0.465 e. The molecule has 50 heavy (non-hydrogen) atoms. The molecule has 1 aliphatic heterocycles. The largest absolute Gasteiger partial charge is 0.508 e. The van der Waals surface area contributed by atoms with Gasteiger partial charge in [-0.25, -0.2) is 4.79 Å². The highest BCUT2D eigenvalue weighted by molar-refractivity contribution is 5.70. The first kappa shape index (κ1) is 40.4. The van der Waals surface area contributed by atoms with Gasteiger partial charge in [0.2, 0.25) is 0 Å². The van der Waals surface area contributed by atoms with Crippen LogP contribution in [0.2, 0.25) is 0 Å². The molecular weight excluding hydrogens is 630 g/mol. The summed E-state index contributed by atoms with van der Waals surface area (Å²) in [7, 11) is 0. The van der Waals surface area contributed by atoms with Crippen molar-refractivity contribution in [3.8, 4) is 0 Å². The van der Waals surface area contributed by atoms with Crippen LogP contribution in [-0.2, 0) is 28.5 Å². The zero-order valence-corrected chi connectivity index (χ0v) is 31.4. The molecule has 5 fully saturated rings. The molecule has 0 radical (unpaired) electrons. The molecule has 4 bridgehead atoms. The lowest BCUT2D eigenvalue weighted by Crippen LogP contribution is -2.47. The molecule has 4 aliphatic carbocycles. The molecule has 0 amide bonds. The minimum atomic E-state index is -0.729. The lowest BCUT2D eigenvalue weighted by Gasteiger charge is -2.56. The molecule has 0 spiro atoms. The predicted octanol–water partition coefficient (Wildman–Crippen LogP) is 9.75. The monoisotopic (exact) mass is 700 g/mol. The molecule has 5 rings (SSSR count). The fourth-order valence-electron chi connectivity index (χ4n) is 9.26. The number of carbonyl (C=O) groups excluding carboxylic acids is 3. The summed E-state index contributed by atoms with van der Waals surface area (Å²) in [4.78, 5) is 40.4. The van der Waals surface area contributed by atoms with E-state index in [1.807, 2.05) is 0 Å². The summed E-state index contributed by atoms with van der Waals surface area (Å²) in [5.74, 6) is 1.45. The standard InChI is InChI=1S/C42H69NO7/c1-2-3-4-5-6-7-8-9-10-11-12-13-14-15-16-20-39(44)48-32-38(34-50-41(46)47-24-19-23-43-21-17-18-22-43)33-49-40(45)31-42-28-35-25-36(29-42)27-37(26-35)30-42/h6-7,9-10,35-38H,2-5,8,11-34H2,1H3/b7-6-,10-9-. The molecule has 0 aromatic carbocycles. The van der Waals surface area contributed by atoms with Crippen LogP contribution in [0.25, 0.3) is 0 Å². The molecule has 1 saturated heterocycles. The van der Waals surface area contributed by atoms with E-state index < -0.39 is 12.1 Å². The van der Waals surface area contributed by atoms with Crippen molar-refractivity contribution in [3.05, 3.63) is 24.3 Å². The maximum atomic E-state index is 13.1. The Morgan fingerprint density at radius 3 is 1.92 bits per heavy atom. The number of nitrogens with zero attached hydrogens (tertiary/aromatic N) is 1. The van der Waals surface area contributed by atoms with Gasteiger partial charge in [-0.15, -0.1) is 0 Å². The second kappa shape index (κ2) is 23.3. The van der Waals surface area contributed by atoms with Crippen LogP contribution in [0.4, 0.5) is 4.79 Å². The molecule has 1 atom stereocenters. The van der Waals surface area contributed by atoms with Crippen LogP contribution >= 0.6 is 0 Å². The van der Waals surface area contributed by atoms with Crippen LogP contribution in [-0.4, -0.2) is 69.1 Å². The number of likely N-dealkylation sites (tertiary alicyclic amines) is 1. The summed E-state index contributed by atoms with van der Waals surface area (Å²) in [5, 5.41) is 0. The van der Waals surface area contributed by atoms with Gasteiger partial charge in [0.05, 0.1) is 18.9 Å². The molecule has 0 aromatic rings. The zero-order valence-electron chi connectivity index (χ0n) is 31.4. The van der Waals surface area contributed by atoms with Crippen LogP contribution in [0.1, 0.15) is 148 Å². The van der Waals surface area contributed by atoms with Crippen LogP contribution in [0.3, 0.4) is 0 Å². The number of hydrogen-bond acceptors (Lipinski definition) is 8. The van der Waals surface area contributed by atoms with Gasteiger partial charge in [-0.1, -0.05) is 63.3 Å². The van der Waals surface area contributed by atoms with Gasteiger partial charge >= 0.3 is 18.1 Å². The topological polar surface area (TPSA) is 91.4 Å². The minimum Gasteiger partial charge on any atom is -0.465 e. The first-order valence-corrected chi connectivity index (χ1v) is 20.6. The second-order valence-electron chi connectivity index (χ2n) is 16.1. The number of esters is 2. The van der Waals surface area contributed by atoms with E-state index in [4.69, 9.17) is 18.9 Å². The SMILES string of the molecule is CCCCC/C=C\C/C=C\CCCCCCCC(=O)OCC(COC(=O)CC12CC3CC(CC(C3)C1)C2)COC(=O)OCCCN1CCCC1. The van der Waals surface area contributed by atoms with Crippen LogP contribution in [0.5, 0.6) is 0 Å². The van der Waals surface area contributed by atoms with Gasteiger partial charge in [-0.2, -0.15) is 0 Å². The average Bonchev–Trinajstić information content (AvgIpc) is 3.61. The van der Waals surface area contributed by atoms with E-state index in [0.717, 1.165) is 102 Å². The fraction of sp³-hybridized carbons (Fsp3) is 0.833. The third kappa shape index (κ3) is 15.9. The molecule has 5 aliphatic rings. The van der Waals surface area contributed by atoms with E-state index in [1.165, 1.54) is 64.2 Å². The maximum absolute atomic E-state index is 13.1. The predicted molar refractivity (Wildman–Crippen MR) is 198 cm³/mol. The van der Waals surface area contributed by atoms with Gasteiger partial charge < -0.3 is 23.8 Å². The first-order valence-electron chi connectivity index (χ1n) is 20.6. The first-order chi connectivity index (χ1) is 24.4. The van der Waals surface area contributed by atoms with E-state index in [-0.39, 0.29) is 37.2 Å². The molecule has 8 nitrogen and oxygen atoms in total. The number of unbranched alkanes of at least 4 members (excludes halogenated alkanes) is 8. The van der Waals surface area contributed by atoms with Crippen LogP contribution in [0, 0.1) is 29.1 Å². The maximum Gasteiger partial charge on any atom is 0.508 e. The lowest BCUT2D eigenvalue weighted by atomic mass is 9.49. The minimum absolute atomic E-state index is 0.0213. The summed E-state index contributed by atoms with van der Waals surface area (Å²) in [6, 6.07) is 0. The van der Waals surface area contributed by atoms with Crippen molar-refractivity contribution in [2.24, 2.45) is 29.1 Å².